The summed E-state index contributed by atoms with van der Waals surface area (Å²) in [6, 6.07) is 21.1. The van der Waals surface area contributed by atoms with Crippen molar-refractivity contribution in [2.45, 2.75) is 13.5 Å². The molecule has 0 saturated carbocycles. The largest absolute Gasteiger partial charge is 0.435 e. The number of ether oxygens (including phenoxy) is 1. The first-order valence-corrected chi connectivity index (χ1v) is 8.99. The van der Waals surface area contributed by atoms with Gasteiger partial charge in [-0.2, -0.15) is 14.0 Å². The maximum absolute atomic E-state index is 13.1. The van der Waals surface area contributed by atoms with Crippen LogP contribution in [-0.4, -0.2) is 19.1 Å². The van der Waals surface area contributed by atoms with E-state index in [9.17, 15) is 18.8 Å². The number of hydrogen-bond donors (Lipinski definition) is 0. The molecule has 0 aliphatic carbocycles. The van der Waals surface area contributed by atoms with E-state index in [0.717, 1.165) is 16.5 Å². The molecule has 0 N–H and O–H groups in total. The van der Waals surface area contributed by atoms with Gasteiger partial charge in [0.1, 0.15) is 17.4 Å². The molecular formula is C23H18F2N2O2. The minimum absolute atomic E-state index is 0.00734. The number of nitrogens with zero attached hydrogens (tertiary/aromatic N) is 2. The van der Waals surface area contributed by atoms with Gasteiger partial charge in [0, 0.05) is 11.9 Å². The monoisotopic (exact) mass is 392 g/mol. The van der Waals surface area contributed by atoms with Crippen LogP contribution < -0.4 is 9.64 Å². The third-order valence-corrected chi connectivity index (χ3v) is 4.39. The Hall–Kier alpha value is -3.72. The van der Waals surface area contributed by atoms with Crippen LogP contribution >= 0.6 is 0 Å². The van der Waals surface area contributed by atoms with Gasteiger partial charge in [-0.05, 0) is 42.1 Å². The predicted octanol–water partition coefficient (Wildman–Crippen LogP) is 5.40. The molecule has 6 heteroatoms. The molecule has 29 heavy (non-hydrogen) atoms. The zero-order chi connectivity index (χ0) is 20.8. The number of amides is 1. The van der Waals surface area contributed by atoms with E-state index in [-0.39, 0.29) is 11.3 Å². The van der Waals surface area contributed by atoms with Crippen LogP contribution in [0.2, 0.25) is 0 Å². The summed E-state index contributed by atoms with van der Waals surface area (Å²) in [5.41, 5.74) is 1.20. The number of hydrogen-bond acceptors (Lipinski definition) is 3. The second kappa shape index (κ2) is 8.98. The average molecular weight is 392 g/mol. The van der Waals surface area contributed by atoms with Crippen LogP contribution in [0.3, 0.4) is 0 Å². The highest BCUT2D eigenvalue weighted by Crippen LogP contribution is 2.28. The Morgan fingerprint density at radius 3 is 2.45 bits per heavy atom. The van der Waals surface area contributed by atoms with E-state index >= 15 is 0 Å². The lowest BCUT2D eigenvalue weighted by Crippen LogP contribution is -2.31. The molecule has 0 atom stereocenters. The molecule has 0 spiro atoms. The van der Waals surface area contributed by atoms with E-state index < -0.39 is 12.5 Å². The van der Waals surface area contributed by atoms with Crippen LogP contribution in [0.5, 0.6) is 5.75 Å². The highest BCUT2D eigenvalue weighted by Gasteiger charge is 2.20. The SMILES string of the molecule is CCN(C(=O)/C(C#N)=C/c1ccc(OC(F)F)cc1)c1cccc2ccccc12. The zero-order valence-corrected chi connectivity index (χ0v) is 15.7. The summed E-state index contributed by atoms with van der Waals surface area (Å²) >= 11 is 0. The van der Waals surface area contributed by atoms with E-state index in [2.05, 4.69) is 4.74 Å². The summed E-state index contributed by atoms with van der Waals surface area (Å²) < 4.78 is 28.8. The Labute approximate surface area is 167 Å². The van der Waals surface area contributed by atoms with Gasteiger partial charge in [0.25, 0.3) is 5.91 Å². The zero-order valence-electron chi connectivity index (χ0n) is 15.7. The lowest BCUT2D eigenvalue weighted by atomic mass is 10.1. The van der Waals surface area contributed by atoms with Crippen molar-refractivity contribution in [2.75, 3.05) is 11.4 Å². The molecule has 4 nitrogen and oxygen atoms in total. The first-order chi connectivity index (χ1) is 14.0. The summed E-state index contributed by atoms with van der Waals surface area (Å²) in [6.07, 6.45) is 1.43. The minimum Gasteiger partial charge on any atom is -0.435 e. The number of halogens is 2. The molecule has 0 aliphatic rings. The third-order valence-electron chi connectivity index (χ3n) is 4.39. The lowest BCUT2D eigenvalue weighted by molar-refractivity contribution is -0.114. The molecule has 3 aromatic rings. The first kappa shape index (κ1) is 20.0. The number of carbonyl (C=O) groups is 1. The van der Waals surface area contributed by atoms with Crippen LogP contribution in [0.4, 0.5) is 14.5 Å². The number of rotatable bonds is 6. The normalized spacial score (nSPS) is 11.3. The van der Waals surface area contributed by atoms with E-state index in [1.807, 2.05) is 55.5 Å². The third kappa shape index (κ3) is 4.58. The Morgan fingerprint density at radius 1 is 1.10 bits per heavy atom. The van der Waals surface area contributed by atoms with E-state index in [0.29, 0.717) is 12.1 Å². The van der Waals surface area contributed by atoms with Crippen LogP contribution in [0.25, 0.3) is 16.8 Å². The molecule has 0 radical (unpaired) electrons. The Morgan fingerprint density at radius 2 is 1.79 bits per heavy atom. The van der Waals surface area contributed by atoms with Gasteiger partial charge in [-0.3, -0.25) is 4.79 Å². The van der Waals surface area contributed by atoms with Gasteiger partial charge in [0.2, 0.25) is 0 Å². The molecule has 146 valence electrons. The van der Waals surface area contributed by atoms with Crippen molar-refractivity contribution in [2.24, 2.45) is 0 Å². The van der Waals surface area contributed by atoms with E-state index in [1.54, 1.807) is 4.90 Å². The summed E-state index contributed by atoms with van der Waals surface area (Å²) in [6.45, 7) is -0.690. The van der Waals surface area contributed by atoms with Crippen LogP contribution in [0.1, 0.15) is 12.5 Å². The summed E-state index contributed by atoms with van der Waals surface area (Å²) in [5, 5.41) is 11.5. The lowest BCUT2D eigenvalue weighted by Gasteiger charge is -2.22. The number of likely N-dealkylation sites (N-methyl/N-ethyl adjacent to an activating group) is 1. The second-order valence-electron chi connectivity index (χ2n) is 6.17. The Bertz CT molecular complexity index is 1080. The standard InChI is InChI=1S/C23H18F2N2O2/c1-2-27(21-9-5-7-17-6-3-4-8-20(17)21)22(28)18(15-26)14-16-10-12-19(13-11-16)29-23(24)25/h3-14,23H,2H2,1H3/b18-14+. The fraction of sp³-hybridized carbons (Fsp3) is 0.130. The van der Waals surface area contributed by atoms with E-state index in [1.165, 1.54) is 30.3 Å². The van der Waals surface area contributed by atoms with E-state index in [4.69, 9.17) is 0 Å². The fourth-order valence-electron chi connectivity index (χ4n) is 3.07. The molecule has 0 aliphatic heterocycles. The summed E-state index contributed by atoms with van der Waals surface area (Å²) in [7, 11) is 0. The first-order valence-electron chi connectivity index (χ1n) is 8.99. The second-order valence-corrected chi connectivity index (χ2v) is 6.17. The topological polar surface area (TPSA) is 53.3 Å². The number of benzene rings is 3. The van der Waals surface area contributed by atoms with Crippen molar-refractivity contribution in [3.8, 4) is 11.8 Å². The van der Waals surface area contributed by atoms with Crippen molar-refractivity contribution in [3.05, 3.63) is 77.9 Å². The molecular weight excluding hydrogens is 374 g/mol. The van der Waals surface area contributed by atoms with Crippen LogP contribution in [0.15, 0.2) is 72.3 Å². The van der Waals surface area contributed by atoms with Crippen LogP contribution in [-0.2, 0) is 4.79 Å². The fourth-order valence-corrected chi connectivity index (χ4v) is 3.07. The smallest absolute Gasteiger partial charge is 0.387 e. The number of carbonyl (C=O) groups excluding carboxylic acids is 1. The molecule has 0 unspecified atom stereocenters. The summed E-state index contributed by atoms with van der Waals surface area (Å²) in [5.74, 6) is -0.424. The predicted molar refractivity (Wildman–Crippen MR) is 109 cm³/mol. The Kier molecular flexibility index (Phi) is 6.20. The quantitative estimate of drug-likeness (QED) is 0.417. The van der Waals surface area contributed by atoms with Crippen molar-refractivity contribution in [1.29, 1.82) is 5.26 Å². The van der Waals surface area contributed by atoms with Gasteiger partial charge in [0.15, 0.2) is 0 Å². The molecule has 0 aromatic heterocycles. The maximum Gasteiger partial charge on any atom is 0.387 e. The molecule has 1 amide bonds. The maximum atomic E-state index is 13.1. The minimum atomic E-state index is -2.91. The van der Waals surface area contributed by atoms with Gasteiger partial charge in [-0.25, -0.2) is 0 Å². The highest BCUT2D eigenvalue weighted by molar-refractivity contribution is 6.14. The molecule has 3 rings (SSSR count). The van der Waals surface area contributed by atoms with Crippen molar-refractivity contribution in [1.82, 2.24) is 0 Å². The Balaban J connectivity index is 1.93. The van der Waals surface area contributed by atoms with Crippen molar-refractivity contribution < 1.29 is 18.3 Å². The van der Waals surface area contributed by atoms with Gasteiger partial charge in [-0.15, -0.1) is 0 Å². The molecule has 3 aromatic carbocycles. The molecule has 0 fully saturated rings. The van der Waals surface area contributed by atoms with Gasteiger partial charge in [-0.1, -0.05) is 48.5 Å². The molecule has 0 heterocycles. The summed E-state index contributed by atoms with van der Waals surface area (Å²) in [4.78, 5) is 14.6. The number of anilines is 1. The molecule has 0 saturated heterocycles. The van der Waals surface area contributed by atoms with Gasteiger partial charge >= 0.3 is 6.61 Å². The number of nitriles is 1. The van der Waals surface area contributed by atoms with Crippen LogP contribution in [0, 0.1) is 11.3 Å². The molecule has 0 bridgehead atoms. The van der Waals surface area contributed by atoms with Gasteiger partial charge < -0.3 is 9.64 Å². The van der Waals surface area contributed by atoms with Crippen molar-refractivity contribution in [3.63, 3.8) is 0 Å². The van der Waals surface area contributed by atoms with Crippen molar-refractivity contribution >= 4 is 28.4 Å². The number of alkyl halides is 2. The number of fused-ring (bicyclic) bond motifs is 1. The highest BCUT2D eigenvalue weighted by atomic mass is 19.3. The van der Waals surface area contributed by atoms with Gasteiger partial charge in [0.05, 0.1) is 5.69 Å². The average Bonchev–Trinajstić information content (AvgIpc) is 2.73.